The molecule has 80 valence electrons. The van der Waals surface area contributed by atoms with Crippen molar-refractivity contribution in [2.45, 2.75) is 39.2 Å². The molecule has 14 heavy (non-hydrogen) atoms. The first kappa shape index (κ1) is 11.2. The van der Waals surface area contributed by atoms with Crippen molar-refractivity contribution >= 4 is 0 Å². The minimum absolute atomic E-state index is 0.356. The summed E-state index contributed by atoms with van der Waals surface area (Å²) in [4.78, 5) is 0. The Balaban J connectivity index is 2.45. The summed E-state index contributed by atoms with van der Waals surface area (Å²) in [5.74, 6) is 0.579. The average Bonchev–Trinajstić information content (AvgIpc) is 2.52. The normalized spacial score (nSPS) is 15.4. The van der Waals surface area contributed by atoms with Crippen LogP contribution in [0.5, 0.6) is 0 Å². The van der Waals surface area contributed by atoms with Crippen molar-refractivity contribution in [3.8, 4) is 0 Å². The van der Waals surface area contributed by atoms with Gasteiger partial charge in [0.15, 0.2) is 0 Å². The average molecular weight is 196 g/mol. The van der Waals surface area contributed by atoms with Gasteiger partial charge in [0, 0.05) is 18.8 Å². The largest absolute Gasteiger partial charge is 0.388 e. The molecular weight excluding hydrogens is 176 g/mol. The van der Waals surface area contributed by atoms with E-state index in [0.29, 0.717) is 5.92 Å². The van der Waals surface area contributed by atoms with Crippen LogP contribution in [0.4, 0.5) is 0 Å². The molecular formula is C11H20N2O. The van der Waals surface area contributed by atoms with Crippen molar-refractivity contribution in [3.63, 3.8) is 0 Å². The quantitative estimate of drug-likeness (QED) is 0.784. The summed E-state index contributed by atoms with van der Waals surface area (Å²) in [5, 5.41) is 13.9. The smallest absolute Gasteiger partial charge is 0.0823 e. The van der Waals surface area contributed by atoms with Crippen molar-refractivity contribution in [1.82, 2.24) is 9.78 Å². The van der Waals surface area contributed by atoms with Crippen molar-refractivity contribution < 1.29 is 5.11 Å². The number of aliphatic hydroxyl groups excluding tert-OH is 1. The van der Waals surface area contributed by atoms with Crippen LogP contribution in [-0.4, -0.2) is 14.9 Å². The zero-order chi connectivity index (χ0) is 10.6. The molecule has 1 aromatic heterocycles. The molecule has 0 saturated carbocycles. The highest BCUT2D eigenvalue weighted by Crippen LogP contribution is 2.22. The molecule has 1 rings (SSSR count). The number of aryl methyl sites for hydroxylation is 1. The Morgan fingerprint density at radius 3 is 2.79 bits per heavy atom. The van der Waals surface area contributed by atoms with Crippen molar-refractivity contribution in [2.24, 2.45) is 13.0 Å². The molecule has 0 aliphatic rings. The topological polar surface area (TPSA) is 38.1 Å². The monoisotopic (exact) mass is 196 g/mol. The van der Waals surface area contributed by atoms with Gasteiger partial charge in [0.2, 0.25) is 0 Å². The van der Waals surface area contributed by atoms with Crippen LogP contribution in [0.2, 0.25) is 0 Å². The molecule has 1 N–H and O–H groups in total. The molecule has 0 radical (unpaired) electrons. The van der Waals surface area contributed by atoms with Crippen LogP contribution in [0.15, 0.2) is 12.4 Å². The van der Waals surface area contributed by atoms with E-state index in [4.69, 9.17) is 0 Å². The third-order valence-electron chi connectivity index (χ3n) is 2.52. The minimum Gasteiger partial charge on any atom is -0.388 e. The van der Waals surface area contributed by atoms with Gasteiger partial charge in [-0.05, 0) is 12.3 Å². The second kappa shape index (κ2) is 5.15. The summed E-state index contributed by atoms with van der Waals surface area (Å²) < 4.78 is 1.73. The Kier molecular flexibility index (Phi) is 4.14. The maximum atomic E-state index is 9.88. The van der Waals surface area contributed by atoms with Gasteiger partial charge >= 0.3 is 0 Å². The van der Waals surface area contributed by atoms with Crippen molar-refractivity contribution in [1.29, 1.82) is 0 Å². The summed E-state index contributed by atoms with van der Waals surface area (Å²) in [6.45, 7) is 4.36. The van der Waals surface area contributed by atoms with Gasteiger partial charge in [-0.1, -0.05) is 26.7 Å². The van der Waals surface area contributed by atoms with Gasteiger partial charge in [0.05, 0.1) is 12.3 Å². The predicted octanol–water partition coefficient (Wildman–Crippen LogP) is 2.28. The van der Waals surface area contributed by atoms with E-state index in [9.17, 15) is 5.11 Å². The highest BCUT2D eigenvalue weighted by molar-refractivity contribution is 5.07. The Labute approximate surface area is 85.8 Å². The third kappa shape index (κ3) is 3.14. The second-order valence-electron chi connectivity index (χ2n) is 4.09. The molecule has 0 spiro atoms. The van der Waals surface area contributed by atoms with Crippen LogP contribution in [0.1, 0.15) is 44.8 Å². The Morgan fingerprint density at radius 1 is 1.57 bits per heavy atom. The van der Waals surface area contributed by atoms with E-state index < -0.39 is 0 Å². The Hall–Kier alpha value is -0.830. The first-order valence-corrected chi connectivity index (χ1v) is 5.30. The molecule has 1 heterocycles. The molecule has 0 aliphatic heterocycles. The fourth-order valence-corrected chi connectivity index (χ4v) is 1.74. The SMILES string of the molecule is CCCC(C)CC(O)c1cnn(C)c1. The highest BCUT2D eigenvalue weighted by Gasteiger charge is 2.13. The number of aromatic nitrogens is 2. The van der Waals surface area contributed by atoms with Crippen LogP contribution in [0.25, 0.3) is 0 Å². The van der Waals surface area contributed by atoms with E-state index in [1.807, 2.05) is 13.2 Å². The molecule has 2 unspecified atom stereocenters. The number of aliphatic hydroxyl groups is 1. The molecule has 0 saturated heterocycles. The lowest BCUT2D eigenvalue weighted by Crippen LogP contribution is -2.03. The first-order chi connectivity index (χ1) is 6.63. The Bertz CT molecular complexity index is 270. The van der Waals surface area contributed by atoms with E-state index >= 15 is 0 Å². The van der Waals surface area contributed by atoms with Gasteiger partial charge in [-0.2, -0.15) is 5.10 Å². The van der Waals surface area contributed by atoms with E-state index in [0.717, 1.165) is 12.0 Å². The number of hydrogen-bond acceptors (Lipinski definition) is 2. The van der Waals surface area contributed by atoms with E-state index in [1.54, 1.807) is 10.9 Å². The molecule has 3 nitrogen and oxygen atoms in total. The van der Waals surface area contributed by atoms with Gasteiger partial charge in [0.25, 0.3) is 0 Å². The van der Waals surface area contributed by atoms with E-state index in [1.165, 1.54) is 12.8 Å². The molecule has 0 amide bonds. The van der Waals surface area contributed by atoms with Crippen LogP contribution in [-0.2, 0) is 7.05 Å². The zero-order valence-corrected chi connectivity index (χ0v) is 9.27. The van der Waals surface area contributed by atoms with Gasteiger partial charge in [-0.25, -0.2) is 0 Å². The maximum Gasteiger partial charge on any atom is 0.0823 e. The Morgan fingerprint density at radius 2 is 2.29 bits per heavy atom. The maximum absolute atomic E-state index is 9.88. The van der Waals surface area contributed by atoms with Crippen molar-refractivity contribution in [3.05, 3.63) is 18.0 Å². The fourth-order valence-electron chi connectivity index (χ4n) is 1.74. The standard InChI is InChI=1S/C11H20N2O/c1-4-5-9(2)6-11(14)10-7-12-13(3)8-10/h7-9,11,14H,4-6H2,1-3H3. The molecule has 0 aliphatic carbocycles. The number of rotatable bonds is 5. The van der Waals surface area contributed by atoms with Crippen LogP contribution < -0.4 is 0 Å². The second-order valence-corrected chi connectivity index (χ2v) is 4.09. The summed E-state index contributed by atoms with van der Waals surface area (Å²) in [5.41, 5.74) is 0.926. The van der Waals surface area contributed by atoms with Crippen LogP contribution in [0.3, 0.4) is 0 Å². The third-order valence-corrected chi connectivity index (χ3v) is 2.52. The molecule has 0 fully saturated rings. The predicted molar refractivity (Wildman–Crippen MR) is 56.9 cm³/mol. The van der Waals surface area contributed by atoms with Crippen LogP contribution in [0, 0.1) is 5.92 Å². The number of nitrogens with zero attached hydrogens (tertiary/aromatic N) is 2. The van der Waals surface area contributed by atoms with Crippen LogP contribution >= 0.6 is 0 Å². The lowest BCUT2D eigenvalue weighted by molar-refractivity contribution is 0.145. The lowest BCUT2D eigenvalue weighted by Gasteiger charge is -2.14. The van der Waals surface area contributed by atoms with Crippen molar-refractivity contribution in [2.75, 3.05) is 0 Å². The fraction of sp³-hybridized carbons (Fsp3) is 0.727. The molecule has 3 heteroatoms. The minimum atomic E-state index is -0.356. The zero-order valence-electron chi connectivity index (χ0n) is 9.27. The number of hydrogen-bond donors (Lipinski definition) is 1. The van der Waals surface area contributed by atoms with Gasteiger partial charge in [-0.3, -0.25) is 4.68 Å². The molecule has 0 aromatic carbocycles. The molecule has 1 aromatic rings. The van der Waals surface area contributed by atoms with Gasteiger partial charge in [0.1, 0.15) is 0 Å². The highest BCUT2D eigenvalue weighted by atomic mass is 16.3. The summed E-state index contributed by atoms with van der Waals surface area (Å²) in [6, 6.07) is 0. The molecule has 0 bridgehead atoms. The first-order valence-electron chi connectivity index (χ1n) is 5.30. The van der Waals surface area contributed by atoms with E-state index in [-0.39, 0.29) is 6.10 Å². The van der Waals surface area contributed by atoms with Gasteiger partial charge < -0.3 is 5.11 Å². The van der Waals surface area contributed by atoms with Gasteiger partial charge in [-0.15, -0.1) is 0 Å². The summed E-state index contributed by atoms with van der Waals surface area (Å²) in [6.07, 6.45) is 6.45. The lowest BCUT2D eigenvalue weighted by atomic mass is 9.96. The molecule has 2 atom stereocenters. The summed E-state index contributed by atoms with van der Waals surface area (Å²) >= 11 is 0. The van der Waals surface area contributed by atoms with E-state index in [2.05, 4.69) is 18.9 Å². The summed E-state index contributed by atoms with van der Waals surface area (Å²) in [7, 11) is 1.87.